The first kappa shape index (κ1) is 17.0. The van der Waals surface area contributed by atoms with E-state index in [1.807, 2.05) is 18.2 Å². The molecular formula is C17H18ClNO4. The van der Waals surface area contributed by atoms with Crippen LogP contribution in [0.3, 0.4) is 0 Å². The van der Waals surface area contributed by atoms with Crippen LogP contribution in [0.4, 0.5) is 5.69 Å². The molecule has 0 spiro atoms. The summed E-state index contributed by atoms with van der Waals surface area (Å²) in [6.45, 7) is 0. The first-order valence-corrected chi connectivity index (χ1v) is 7.34. The van der Waals surface area contributed by atoms with Crippen LogP contribution in [0.5, 0.6) is 17.2 Å². The van der Waals surface area contributed by atoms with Gasteiger partial charge in [-0.3, -0.25) is 4.79 Å². The predicted molar refractivity (Wildman–Crippen MR) is 89.8 cm³/mol. The summed E-state index contributed by atoms with van der Waals surface area (Å²) < 4.78 is 15.8. The van der Waals surface area contributed by atoms with E-state index in [0.717, 1.165) is 5.56 Å². The topological polar surface area (TPSA) is 56.8 Å². The van der Waals surface area contributed by atoms with E-state index < -0.39 is 5.38 Å². The van der Waals surface area contributed by atoms with Crippen LogP contribution in [0.2, 0.25) is 0 Å². The zero-order chi connectivity index (χ0) is 16.8. The highest BCUT2D eigenvalue weighted by Gasteiger charge is 2.19. The lowest BCUT2D eigenvalue weighted by molar-refractivity contribution is -0.116. The predicted octanol–water partition coefficient (Wildman–Crippen LogP) is 3.63. The molecule has 0 aliphatic carbocycles. The van der Waals surface area contributed by atoms with Crippen LogP contribution in [-0.2, 0) is 4.79 Å². The van der Waals surface area contributed by atoms with Crippen molar-refractivity contribution in [3.05, 3.63) is 48.0 Å². The molecular weight excluding hydrogens is 318 g/mol. The standard InChI is InChI=1S/C17H18ClNO4/c1-21-13-9-12(10-14(22-2)16(13)23-3)19-17(20)15(18)11-7-5-4-6-8-11/h4-10,15H,1-3H3,(H,19,20)/t15-/m0/s1. The van der Waals surface area contributed by atoms with E-state index in [-0.39, 0.29) is 5.91 Å². The summed E-state index contributed by atoms with van der Waals surface area (Å²) in [5.74, 6) is 1.02. The minimum absolute atomic E-state index is 0.341. The van der Waals surface area contributed by atoms with E-state index in [4.69, 9.17) is 25.8 Å². The summed E-state index contributed by atoms with van der Waals surface area (Å²) >= 11 is 6.21. The van der Waals surface area contributed by atoms with Crippen LogP contribution in [0.15, 0.2) is 42.5 Å². The zero-order valence-corrected chi connectivity index (χ0v) is 13.9. The third-order valence-corrected chi connectivity index (χ3v) is 3.70. The zero-order valence-electron chi connectivity index (χ0n) is 13.1. The third-order valence-electron chi connectivity index (χ3n) is 3.25. The number of anilines is 1. The number of amides is 1. The second-order valence-electron chi connectivity index (χ2n) is 4.68. The Bertz CT molecular complexity index is 651. The van der Waals surface area contributed by atoms with Crippen LogP contribution in [0.1, 0.15) is 10.9 Å². The number of rotatable bonds is 6. The molecule has 0 aromatic heterocycles. The molecule has 0 saturated heterocycles. The highest BCUT2D eigenvalue weighted by molar-refractivity contribution is 6.32. The van der Waals surface area contributed by atoms with Gasteiger partial charge in [0, 0.05) is 17.8 Å². The van der Waals surface area contributed by atoms with Crippen molar-refractivity contribution in [2.45, 2.75) is 5.38 Å². The van der Waals surface area contributed by atoms with Crippen LogP contribution in [0.25, 0.3) is 0 Å². The Morgan fingerprint density at radius 2 is 1.57 bits per heavy atom. The Balaban J connectivity index is 2.24. The molecule has 0 bridgehead atoms. The number of hydrogen-bond donors (Lipinski definition) is 1. The fourth-order valence-corrected chi connectivity index (χ4v) is 2.33. The molecule has 0 heterocycles. The lowest BCUT2D eigenvalue weighted by Crippen LogP contribution is -2.17. The van der Waals surface area contributed by atoms with Gasteiger partial charge in [0.05, 0.1) is 21.3 Å². The van der Waals surface area contributed by atoms with Gasteiger partial charge in [-0.25, -0.2) is 0 Å². The van der Waals surface area contributed by atoms with Crippen LogP contribution in [-0.4, -0.2) is 27.2 Å². The molecule has 1 N–H and O–H groups in total. The van der Waals surface area contributed by atoms with Crippen molar-refractivity contribution >= 4 is 23.2 Å². The van der Waals surface area contributed by atoms with Gasteiger partial charge in [0.2, 0.25) is 11.7 Å². The number of halogens is 1. The summed E-state index contributed by atoms with van der Waals surface area (Å²) in [4.78, 5) is 12.3. The van der Waals surface area contributed by atoms with Crippen molar-refractivity contribution < 1.29 is 19.0 Å². The third kappa shape index (κ3) is 3.87. The van der Waals surface area contributed by atoms with E-state index in [2.05, 4.69) is 5.32 Å². The number of alkyl halides is 1. The van der Waals surface area contributed by atoms with Crippen molar-refractivity contribution in [2.75, 3.05) is 26.6 Å². The molecule has 2 aromatic carbocycles. The molecule has 0 aliphatic heterocycles. The van der Waals surface area contributed by atoms with E-state index in [1.165, 1.54) is 21.3 Å². The summed E-state index contributed by atoms with van der Waals surface area (Å²) in [5.41, 5.74) is 1.23. The smallest absolute Gasteiger partial charge is 0.246 e. The molecule has 0 aliphatic rings. The number of benzene rings is 2. The molecule has 2 aromatic rings. The normalized spacial score (nSPS) is 11.5. The first-order valence-electron chi connectivity index (χ1n) is 6.90. The molecule has 6 heteroatoms. The van der Waals surface area contributed by atoms with Gasteiger partial charge in [0.15, 0.2) is 11.5 Å². The highest BCUT2D eigenvalue weighted by atomic mass is 35.5. The minimum atomic E-state index is -0.796. The summed E-state index contributed by atoms with van der Waals surface area (Å²) in [7, 11) is 4.54. The van der Waals surface area contributed by atoms with Gasteiger partial charge in [-0.2, -0.15) is 0 Å². The fraction of sp³-hybridized carbons (Fsp3) is 0.235. The number of methoxy groups -OCH3 is 3. The highest BCUT2D eigenvalue weighted by Crippen LogP contribution is 2.40. The molecule has 2 rings (SSSR count). The van der Waals surface area contributed by atoms with Crippen LogP contribution in [0, 0.1) is 0 Å². The van der Waals surface area contributed by atoms with Gasteiger partial charge in [0.25, 0.3) is 0 Å². The van der Waals surface area contributed by atoms with Gasteiger partial charge >= 0.3 is 0 Å². The lowest BCUT2D eigenvalue weighted by Gasteiger charge is -2.16. The first-order chi connectivity index (χ1) is 11.1. The molecule has 1 amide bonds. The summed E-state index contributed by atoms with van der Waals surface area (Å²) in [6.07, 6.45) is 0. The maximum Gasteiger partial charge on any atom is 0.246 e. The summed E-state index contributed by atoms with van der Waals surface area (Å²) in [6, 6.07) is 12.4. The second-order valence-corrected chi connectivity index (χ2v) is 5.11. The Labute approximate surface area is 140 Å². The van der Waals surface area contributed by atoms with Crippen molar-refractivity contribution in [3.63, 3.8) is 0 Å². The molecule has 23 heavy (non-hydrogen) atoms. The van der Waals surface area contributed by atoms with E-state index in [1.54, 1.807) is 24.3 Å². The van der Waals surface area contributed by atoms with E-state index >= 15 is 0 Å². The van der Waals surface area contributed by atoms with Gasteiger partial charge in [-0.15, -0.1) is 11.6 Å². The lowest BCUT2D eigenvalue weighted by atomic mass is 10.1. The monoisotopic (exact) mass is 335 g/mol. The van der Waals surface area contributed by atoms with Gasteiger partial charge in [-0.1, -0.05) is 30.3 Å². The van der Waals surface area contributed by atoms with Crippen LogP contribution >= 0.6 is 11.6 Å². The van der Waals surface area contributed by atoms with Crippen LogP contribution < -0.4 is 19.5 Å². The second kappa shape index (κ2) is 7.74. The molecule has 5 nitrogen and oxygen atoms in total. The number of ether oxygens (including phenoxy) is 3. The Kier molecular flexibility index (Phi) is 5.71. The molecule has 122 valence electrons. The molecule has 0 radical (unpaired) electrons. The average Bonchev–Trinajstić information content (AvgIpc) is 2.60. The minimum Gasteiger partial charge on any atom is -0.493 e. The van der Waals surface area contributed by atoms with Crippen molar-refractivity contribution in [1.82, 2.24) is 0 Å². The largest absolute Gasteiger partial charge is 0.493 e. The van der Waals surface area contributed by atoms with Gasteiger partial charge in [0.1, 0.15) is 5.38 Å². The maximum atomic E-state index is 12.3. The van der Waals surface area contributed by atoms with E-state index in [0.29, 0.717) is 22.9 Å². The van der Waals surface area contributed by atoms with Gasteiger partial charge < -0.3 is 19.5 Å². The van der Waals surface area contributed by atoms with Crippen molar-refractivity contribution in [1.29, 1.82) is 0 Å². The molecule has 0 saturated carbocycles. The van der Waals surface area contributed by atoms with Crippen molar-refractivity contribution in [2.24, 2.45) is 0 Å². The quantitative estimate of drug-likeness (QED) is 0.819. The van der Waals surface area contributed by atoms with E-state index in [9.17, 15) is 4.79 Å². The summed E-state index contributed by atoms with van der Waals surface area (Å²) in [5, 5.41) is 1.96. The maximum absolute atomic E-state index is 12.3. The van der Waals surface area contributed by atoms with Crippen molar-refractivity contribution in [3.8, 4) is 17.2 Å². The number of carbonyl (C=O) groups is 1. The Morgan fingerprint density at radius 1 is 1.00 bits per heavy atom. The number of carbonyl (C=O) groups excluding carboxylic acids is 1. The fourth-order valence-electron chi connectivity index (χ4n) is 2.13. The van der Waals surface area contributed by atoms with Gasteiger partial charge in [-0.05, 0) is 5.56 Å². The SMILES string of the molecule is COc1cc(NC(=O)[C@@H](Cl)c2ccccc2)cc(OC)c1OC. The molecule has 0 unspecified atom stereocenters. The Morgan fingerprint density at radius 3 is 2.04 bits per heavy atom. The molecule has 1 atom stereocenters. The molecule has 0 fully saturated rings. The Hall–Kier alpha value is -2.40. The average molecular weight is 336 g/mol. The number of nitrogens with one attached hydrogen (secondary N) is 1. The number of hydrogen-bond acceptors (Lipinski definition) is 4.